The highest BCUT2D eigenvalue weighted by atomic mass is 16.6. The average Bonchev–Trinajstić information content (AvgIpc) is 2.67. The fourth-order valence-corrected chi connectivity index (χ4v) is 2.07. The number of aromatic nitrogens is 2. The number of para-hydroxylation sites is 1. The molecule has 9 heteroatoms. The second kappa shape index (κ2) is 7.71. The number of ether oxygens (including phenoxy) is 1. The van der Waals surface area contributed by atoms with Crippen LogP contribution in [0.2, 0.25) is 0 Å². The molecule has 0 radical (unpaired) electrons. The van der Waals surface area contributed by atoms with Gasteiger partial charge in [0, 0.05) is 5.56 Å². The van der Waals surface area contributed by atoms with Crippen molar-refractivity contribution in [1.82, 2.24) is 15.4 Å². The van der Waals surface area contributed by atoms with Gasteiger partial charge in [-0.3, -0.25) is 25.8 Å². The Morgan fingerprint density at radius 3 is 2.31 bits per heavy atom. The number of benzene rings is 2. The maximum Gasteiger partial charge on any atom is 0.374 e. The topological polar surface area (TPSA) is 119 Å². The van der Waals surface area contributed by atoms with E-state index in [1.807, 2.05) is 0 Å². The van der Waals surface area contributed by atoms with Crippen molar-refractivity contribution in [3.8, 4) is 11.6 Å². The third kappa shape index (κ3) is 3.90. The Morgan fingerprint density at radius 1 is 1.00 bits per heavy atom. The monoisotopic (exact) mass is 351 g/mol. The Balaban J connectivity index is 1.82. The lowest BCUT2D eigenvalue weighted by Crippen LogP contribution is -2.30. The molecule has 1 amide bonds. The lowest BCUT2D eigenvalue weighted by Gasteiger charge is -2.10. The Hall–Kier alpha value is -4.01. The zero-order valence-corrected chi connectivity index (χ0v) is 13.3. The van der Waals surface area contributed by atoms with Crippen molar-refractivity contribution < 1.29 is 14.5 Å². The minimum Gasteiger partial charge on any atom is -0.434 e. The largest absolute Gasteiger partial charge is 0.434 e. The Labute approximate surface area is 147 Å². The Kier molecular flexibility index (Phi) is 4.99. The molecule has 3 aromatic rings. The quantitative estimate of drug-likeness (QED) is 0.517. The zero-order valence-electron chi connectivity index (χ0n) is 13.3. The fourth-order valence-electron chi connectivity index (χ4n) is 2.07. The molecule has 1 aromatic heterocycles. The van der Waals surface area contributed by atoms with Gasteiger partial charge in [0.1, 0.15) is 12.1 Å². The van der Waals surface area contributed by atoms with E-state index < -0.39 is 16.5 Å². The van der Waals surface area contributed by atoms with Crippen molar-refractivity contribution in [2.45, 2.75) is 0 Å². The molecule has 3 rings (SSSR count). The van der Waals surface area contributed by atoms with Gasteiger partial charge in [0.05, 0.1) is 4.92 Å². The molecule has 0 unspecified atom stereocenters. The van der Waals surface area contributed by atoms with E-state index in [0.717, 1.165) is 6.33 Å². The van der Waals surface area contributed by atoms with Crippen molar-refractivity contribution in [3.05, 3.63) is 82.7 Å². The van der Waals surface area contributed by atoms with Gasteiger partial charge >= 0.3 is 11.6 Å². The summed E-state index contributed by atoms with van der Waals surface area (Å²) in [7, 11) is 0. The second-order valence-corrected chi connectivity index (χ2v) is 4.99. The van der Waals surface area contributed by atoms with E-state index >= 15 is 0 Å². The summed E-state index contributed by atoms with van der Waals surface area (Å²) >= 11 is 0. The van der Waals surface area contributed by atoms with Crippen LogP contribution in [0.4, 0.5) is 11.5 Å². The number of nitrogens with one attached hydrogen (secondary N) is 2. The number of carbonyl (C=O) groups is 1. The first-order valence-corrected chi connectivity index (χ1v) is 7.49. The van der Waals surface area contributed by atoms with Gasteiger partial charge in [0.15, 0.2) is 0 Å². The second-order valence-electron chi connectivity index (χ2n) is 4.99. The Morgan fingerprint density at radius 2 is 1.65 bits per heavy atom. The molecule has 0 aliphatic heterocycles. The van der Waals surface area contributed by atoms with Crippen molar-refractivity contribution in [2.24, 2.45) is 0 Å². The van der Waals surface area contributed by atoms with E-state index in [9.17, 15) is 14.9 Å². The Bertz CT molecular complexity index is 919. The predicted molar refractivity (Wildman–Crippen MR) is 92.7 cm³/mol. The van der Waals surface area contributed by atoms with Crippen molar-refractivity contribution in [3.63, 3.8) is 0 Å². The number of hydrogen-bond donors (Lipinski definition) is 2. The van der Waals surface area contributed by atoms with Gasteiger partial charge in [-0.1, -0.05) is 36.4 Å². The maximum absolute atomic E-state index is 12.1. The molecule has 9 nitrogen and oxygen atoms in total. The SMILES string of the molecule is O=C(NNc1ncnc(Oc2ccccc2)c1[N+](=O)[O-])c1ccccc1. The van der Waals surface area contributed by atoms with Crippen LogP contribution in [-0.4, -0.2) is 20.8 Å². The molecule has 0 fully saturated rings. The molecule has 0 aliphatic carbocycles. The van der Waals surface area contributed by atoms with E-state index in [4.69, 9.17) is 4.74 Å². The first-order chi connectivity index (χ1) is 12.6. The molecular formula is C17H13N5O4. The highest BCUT2D eigenvalue weighted by molar-refractivity contribution is 5.94. The molecular weight excluding hydrogens is 338 g/mol. The van der Waals surface area contributed by atoms with Gasteiger partial charge in [-0.15, -0.1) is 0 Å². The van der Waals surface area contributed by atoms with Crippen LogP contribution >= 0.6 is 0 Å². The summed E-state index contributed by atoms with van der Waals surface area (Å²) in [6, 6.07) is 16.9. The first-order valence-electron chi connectivity index (χ1n) is 7.49. The highest BCUT2D eigenvalue weighted by Gasteiger charge is 2.25. The summed E-state index contributed by atoms with van der Waals surface area (Å²) in [5.41, 5.74) is 4.70. The van der Waals surface area contributed by atoms with E-state index in [-0.39, 0.29) is 11.7 Å². The standard InChI is InChI=1S/C17H13N5O4/c23-16(12-7-3-1-4-8-12)21-20-15-14(22(24)25)17(19-11-18-15)26-13-9-5-2-6-10-13/h1-11H,(H,21,23)(H,18,19,20). The maximum atomic E-state index is 12.1. The van der Waals surface area contributed by atoms with Gasteiger partial charge in [0.2, 0.25) is 5.82 Å². The average molecular weight is 351 g/mol. The molecule has 0 saturated carbocycles. The van der Waals surface area contributed by atoms with Gasteiger partial charge in [-0.05, 0) is 24.3 Å². The number of anilines is 1. The summed E-state index contributed by atoms with van der Waals surface area (Å²) in [6.45, 7) is 0. The molecule has 1 heterocycles. The smallest absolute Gasteiger partial charge is 0.374 e. The van der Waals surface area contributed by atoms with E-state index in [1.54, 1.807) is 60.7 Å². The minimum atomic E-state index is -0.685. The molecule has 130 valence electrons. The van der Waals surface area contributed by atoms with Gasteiger partial charge in [0.25, 0.3) is 5.91 Å². The van der Waals surface area contributed by atoms with Crippen LogP contribution in [0.15, 0.2) is 67.0 Å². The van der Waals surface area contributed by atoms with E-state index in [1.165, 1.54) is 0 Å². The number of nitrogens with zero attached hydrogens (tertiary/aromatic N) is 3. The van der Waals surface area contributed by atoms with E-state index in [2.05, 4.69) is 20.8 Å². The summed E-state index contributed by atoms with van der Waals surface area (Å²) < 4.78 is 5.46. The third-order valence-electron chi connectivity index (χ3n) is 3.26. The fraction of sp³-hybridized carbons (Fsp3) is 0. The summed E-state index contributed by atoms with van der Waals surface area (Å²) in [5, 5.41) is 11.4. The number of hydrazine groups is 1. The molecule has 0 bridgehead atoms. The van der Waals surface area contributed by atoms with Crippen LogP contribution in [0.1, 0.15) is 10.4 Å². The zero-order chi connectivity index (χ0) is 18.4. The summed E-state index contributed by atoms with van der Waals surface area (Å²) in [4.78, 5) is 30.4. The van der Waals surface area contributed by atoms with Crippen molar-refractivity contribution >= 4 is 17.4 Å². The molecule has 0 saturated heterocycles. The van der Waals surface area contributed by atoms with Crippen LogP contribution < -0.4 is 15.6 Å². The van der Waals surface area contributed by atoms with Crippen LogP contribution in [0, 0.1) is 10.1 Å². The number of hydrogen-bond acceptors (Lipinski definition) is 7. The molecule has 0 aliphatic rings. The van der Waals surface area contributed by atoms with Gasteiger partial charge in [-0.2, -0.15) is 4.98 Å². The lowest BCUT2D eigenvalue weighted by atomic mass is 10.2. The third-order valence-corrected chi connectivity index (χ3v) is 3.26. The summed E-state index contributed by atoms with van der Waals surface area (Å²) in [6.07, 6.45) is 1.10. The van der Waals surface area contributed by atoms with Crippen LogP contribution in [0.25, 0.3) is 0 Å². The summed E-state index contributed by atoms with van der Waals surface area (Å²) in [5.74, 6) is -0.523. The number of nitro groups is 1. The van der Waals surface area contributed by atoms with Gasteiger partial charge in [-0.25, -0.2) is 4.98 Å². The molecule has 0 atom stereocenters. The number of rotatable bonds is 6. The number of amides is 1. The number of carbonyl (C=O) groups excluding carboxylic acids is 1. The van der Waals surface area contributed by atoms with Crippen LogP contribution in [0.3, 0.4) is 0 Å². The predicted octanol–water partition coefficient (Wildman–Crippen LogP) is 2.93. The van der Waals surface area contributed by atoms with Crippen molar-refractivity contribution in [1.29, 1.82) is 0 Å². The van der Waals surface area contributed by atoms with Crippen molar-refractivity contribution in [2.75, 3.05) is 5.43 Å². The molecule has 0 spiro atoms. The van der Waals surface area contributed by atoms with Crippen LogP contribution in [0.5, 0.6) is 11.6 Å². The first kappa shape index (κ1) is 16.8. The lowest BCUT2D eigenvalue weighted by molar-refractivity contribution is -0.385. The van der Waals surface area contributed by atoms with E-state index in [0.29, 0.717) is 11.3 Å². The molecule has 2 aromatic carbocycles. The highest BCUT2D eigenvalue weighted by Crippen LogP contribution is 2.33. The molecule has 26 heavy (non-hydrogen) atoms. The minimum absolute atomic E-state index is 0.194. The van der Waals surface area contributed by atoms with Crippen LogP contribution in [-0.2, 0) is 0 Å². The molecule has 2 N–H and O–H groups in total. The normalized spacial score (nSPS) is 10.0. The van der Waals surface area contributed by atoms with Gasteiger partial charge < -0.3 is 4.74 Å².